The molecule has 2 rings (SSSR count). The number of nitrogens with two attached hydrogens (primary N) is 1. The van der Waals surface area contributed by atoms with Gasteiger partial charge >= 0.3 is 5.97 Å². The van der Waals surface area contributed by atoms with Crippen molar-refractivity contribution in [3.8, 4) is 0 Å². The largest absolute Gasteiger partial charge is 0.462 e. The maximum absolute atomic E-state index is 12.4. The number of carbonyl (C=O) groups excluding carboxylic acids is 1. The molecule has 0 aromatic heterocycles. The van der Waals surface area contributed by atoms with Crippen LogP contribution in [0.4, 0.5) is 5.69 Å². The van der Waals surface area contributed by atoms with Crippen LogP contribution in [-0.4, -0.2) is 41.8 Å². The number of rotatable bonds is 10. The summed E-state index contributed by atoms with van der Waals surface area (Å²) in [6.45, 7) is 4.45. The molecular weight excluding hydrogens is 396 g/mol. The van der Waals surface area contributed by atoms with Gasteiger partial charge in [-0.3, -0.25) is 4.90 Å². The highest BCUT2D eigenvalue weighted by Gasteiger charge is 2.23. The van der Waals surface area contributed by atoms with E-state index in [1.54, 1.807) is 6.07 Å². The molecule has 1 aromatic carbocycles. The number of carbonyl (C=O) groups is 1. The van der Waals surface area contributed by atoms with Gasteiger partial charge in [0.15, 0.2) is 0 Å². The molecule has 6 heteroatoms. The van der Waals surface area contributed by atoms with Crippen LogP contribution in [0.15, 0.2) is 16.6 Å². The normalized spacial score (nSPS) is 14.9. The number of hydrogen-bond donors (Lipinski definition) is 2. The summed E-state index contributed by atoms with van der Waals surface area (Å²) in [5.41, 5.74) is 8.46. The number of nitrogen functional groups attached to an aromatic ring is 1. The Kier molecular flexibility index (Phi) is 8.88. The maximum Gasteiger partial charge on any atom is 0.338 e. The highest BCUT2D eigenvalue weighted by molar-refractivity contribution is 9.10. The van der Waals surface area contributed by atoms with Crippen molar-refractivity contribution in [1.82, 2.24) is 4.90 Å². The molecule has 3 N–H and O–H groups in total. The topological polar surface area (TPSA) is 75.8 Å². The van der Waals surface area contributed by atoms with Gasteiger partial charge in [0.05, 0.1) is 17.9 Å². The lowest BCUT2D eigenvalue weighted by atomic mass is 10.1. The Morgan fingerprint density at radius 1 is 1.31 bits per heavy atom. The second kappa shape index (κ2) is 10.9. The highest BCUT2D eigenvalue weighted by Crippen LogP contribution is 2.30. The summed E-state index contributed by atoms with van der Waals surface area (Å²) in [6.07, 6.45) is 7.43. The van der Waals surface area contributed by atoms with E-state index >= 15 is 0 Å². The van der Waals surface area contributed by atoms with Crippen molar-refractivity contribution in [2.75, 3.05) is 25.5 Å². The number of unbranched alkanes of at least 4 members (excludes halogenated alkanes) is 2. The molecule has 1 aromatic rings. The minimum atomic E-state index is -0.320. The lowest BCUT2D eigenvalue weighted by Crippen LogP contribution is -2.32. The Morgan fingerprint density at radius 2 is 2.04 bits per heavy atom. The summed E-state index contributed by atoms with van der Waals surface area (Å²) in [5, 5.41) is 8.78. The highest BCUT2D eigenvalue weighted by atomic mass is 79.9. The third kappa shape index (κ3) is 5.96. The molecule has 0 spiro atoms. The molecular formula is C20H31BrN2O3. The van der Waals surface area contributed by atoms with E-state index < -0.39 is 0 Å². The summed E-state index contributed by atoms with van der Waals surface area (Å²) in [4.78, 5) is 14.8. The first-order valence-corrected chi connectivity index (χ1v) is 10.5. The first-order valence-electron chi connectivity index (χ1n) is 9.66. The van der Waals surface area contributed by atoms with E-state index in [1.165, 1.54) is 25.7 Å². The Labute approximate surface area is 165 Å². The van der Waals surface area contributed by atoms with E-state index in [-0.39, 0.29) is 12.6 Å². The molecule has 1 saturated carbocycles. The molecule has 0 aliphatic heterocycles. The Bertz CT molecular complexity index is 589. The first kappa shape index (κ1) is 21.2. The first-order chi connectivity index (χ1) is 12.6. The molecule has 0 unspecified atom stereocenters. The standard InChI is InChI=1S/C20H31BrN2O3/c1-2-23(17-8-4-5-9-17)14-16-12-15(13-18(21)19(16)22)20(25)26-11-7-3-6-10-24/h12-13,17,24H,2-11,14,22H2,1H3. The van der Waals surface area contributed by atoms with Gasteiger partial charge < -0.3 is 15.6 Å². The van der Waals surface area contributed by atoms with Gasteiger partial charge in [0.25, 0.3) is 0 Å². The molecule has 0 saturated heterocycles. The zero-order valence-electron chi connectivity index (χ0n) is 15.7. The SMILES string of the molecule is CCN(Cc1cc(C(=O)OCCCCCO)cc(Br)c1N)C1CCCC1. The van der Waals surface area contributed by atoms with E-state index in [4.69, 9.17) is 15.6 Å². The van der Waals surface area contributed by atoms with Gasteiger partial charge in [-0.2, -0.15) is 0 Å². The molecule has 0 bridgehead atoms. The summed E-state index contributed by atoms with van der Waals surface area (Å²) in [5.74, 6) is -0.320. The Morgan fingerprint density at radius 3 is 2.69 bits per heavy atom. The lowest BCUT2D eigenvalue weighted by Gasteiger charge is -2.28. The predicted octanol–water partition coefficient (Wildman–Crippen LogP) is 4.12. The number of ether oxygens (including phenoxy) is 1. The molecule has 0 radical (unpaired) electrons. The van der Waals surface area contributed by atoms with E-state index in [0.29, 0.717) is 23.9 Å². The molecule has 26 heavy (non-hydrogen) atoms. The molecule has 146 valence electrons. The van der Waals surface area contributed by atoms with Gasteiger partial charge in [-0.05, 0) is 72.3 Å². The molecule has 0 heterocycles. The molecule has 1 aliphatic carbocycles. The van der Waals surface area contributed by atoms with Crippen LogP contribution in [0.25, 0.3) is 0 Å². The maximum atomic E-state index is 12.4. The van der Waals surface area contributed by atoms with Crippen LogP contribution in [0.2, 0.25) is 0 Å². The van der Waals surface area contributed by atoms with Crippen LogP contribution in [0.1, 0.15) is 67.8 Å². The van der Waals surface area contributed by atoms with E-state index in [0.717, 1.165) is 42.4 Å². The molecule has 5 nitrogen and oxygen atoms in total. The number of aliphatic hydroxyl groups is 1. The van der Waals surface area contributed by atoms with Crippen molar-refractivity contribution in [2.45, 2.75) is 64.5 Å². The van der Waals surface area contributed by atoms with Crippen LogP contribution >= 0.6 is 15.9 Å². The van der Waals surface area contributed by atoms with Crippen molar-refractivity contribution in [3.05, 3.63) is 27.7 Å². The van der Waals surface area contributed by atoms with Gasteiger partial charge in [0, 0.05) is 23.7 Å². The van der Waals surface area contributed by atoms with Crippen molar-refractivity contribution in [3.63, 3.8) is 0 Å². The monoisotopic (exact) mass is 426 g/mol. The smallest absolute Gasteiger partial charge is 0.338 e. The molecule has 0 atom stereocenters. The van der Waals surface area contributed by atoms with Crippen LogP contribution in [0, 0.1) is 0 Å². The van der Waals surface area contributed by atoms with Gasteiger partial charge in [0.1, 0.15) is 0 Å². The van der Waals surface area contributed by atoms with Crippen molar-refractivity contribution in [1.29, 1.82) is 0 Å². The van der Waals surface area contributed by atoms with Gasteiger partial charge in [-0.1, -0.05) is 19.8 Å². The zero-order chi connectivity index (χ0) is 18.9. The van der Waals surface area contributed by atoms with Gasteiger partial charge in [-0.15, -0.1) is 0 Å². The van der Waals surface area contributed by atoms with Crippen LogP contribution in [0.5, 0.6) is 0 Å². The van der Waals surface area contributed by atoms with Gasteiger partial charge in [0.2, 0.25) is 0 Å². The lowest BCUT2D eigenvalue weighted by molar-refractivity contribution is 0.0496. The summed E-state index contributed by atoms with van der Waals surface area (Å²) in [6, 6.07) is 4.22. The van der Waals surface area contributed by atoms with E-state index in [9.17, 15) is 4.79 Å². The number of anilines is 1. The third-order valence-electron chi connectivity index (χ3n) is 5.11. The second-order valence-corrected chi connectivity index (χ2v) is 7.81. The summed E-state index contributed by atoms with van der Waals surface area (Å²) in [7, 11) is 0. The summed E-state index contributed by atoms with van der Waals surface area (Å²) >= 11 is 3.48. The van der Waals surface area contributed by atoms with E-state index in [1.807, 2.05) is 6.07 Å². The average Bonchev–Trinajstić information content (AvgIpc) is 3.16. The summed E-state index contributed by atoms with van der Waals surface area (Å²) < 4.78 is 6.10. The van der Waals surface area contributed by atoms with Crippen molar-refractivity contribution in [2.24, 2.45) is 0 Å². The molecule has 0 amide bonds. The number of esters is 1. The zero-order valence-corrected chi connectivity index (χ0v) is 17.3. The number of hydrogen-bond acceptors (Lipinski definition) is 5. The number of benzene rings is 1. The molecule has 1 fully saturated rings. The van der Waals surface area contributed by atoms with Crippen LogP contribution < -0.4 is 5.73 Å². The molecule has 1 aliphatic rings. The minimum Gasteiger partial charge on any atom is -0.462 e. The number of aliphatic hydroxyl groups excluding tert-OH is 1. The van der Waals surface area contributed by atoms with Crippen molar-refractivity contribution < 1.29 is 14.6 Å². The number of nitrogens with zero attached hydrogens (tertiary/aromatic N) is 1. The fourth-order valence-electron chi connectivity index (χ4n) is 3.55. The van der Waals surface area contributed by atoms with Crippen molar-refractivity contribution >= 4 is 27.6 Å². The average molecular weight is 427 g/mol. The van der Waals surface area contributed by atoms with Gasteiger partial charge in [-0.25, -0.2) is 4.79 Å². The van der Waals surface area contributed by atoms with E-state index in [2.05, 4.69) is 27.8 Å². The minimum absolute atomic E-state index is 0.178. The Balaban J connectivity index is 2.03. The third-order valence-corrected chi connectivity index (χ3v) is 5.76. The second-order valence-electron chi connectivity index (χ2n) is 6.95. The van der Waals surface area contributed by atoms with Crippen LogP contribution in [0.3, 0.4) is 0 Å². The fraction of sp³-hybridized carbons (Fsp3) is 0.650. The predicted molar refractivity (Wildman–Crippen MR) is 108 cm³/mol. The van der Waals surface area contributed by atoms with Crippen LogP contribution in [-0.2, 0) is 11.3 Å². The fourth-order valence-corrected chi connectivity index (χ4v) is 4.05. The number of halogens is 1. The Hall–Kier alpha value is -1.11. The quantitative estimate of drug-likeness (QED) is 0.334.